The van der Waals surface area contributed by atoms with E-state index >= 15 is 0 Å². The zero-order chi connectivity index (χ0) is 13.9. The van der Waals surface area contributed by atoms with Crippen molar-refractivity contribution in [2.24, 2.45) is 5.41 Å². The number of nitrogens with zero attached hydrogens (tertiary/aromatic N) is 1. The molecule has 0 spiro atoms. The number of carbonyl (C=O) groups is 1. The first kappa shape index (κ1) is 13.4. The summed E-state index contributed by atoms with van der Waals surface area (Å²) in [6.07, 6.45) is 4.40. The number of aromatic nitrogens is 1. The molecule has 102 valence electrons. The highest BCUT2D eigenvalue weighted by Crippen LogP contribution is 2.29. The van der Waals surface area contributed by atoms with Crippen LogP contribution in [-0.2, 0) is 4.79 Å². The van der Waals surface area contributed by atoms with Crippen molar-refractivity contribution in [3.05, 3.63) is 24.6 Å². The molecule has 2 N–H and O–H groups in total. The van der Waals surface area contributed by atoms with Crippen molar-refractivity contribution in [2.75, 3.05) is 11.9 Å². The summed E-state index contributed by atoms with van der Waals surface area (Å²) in [5, 5.41) is 13.4. The van der Waals surface area contributed by atoms with E-state index in [1.807, 2.05) is 19.9 Å². The Bertz CT molecular complexity index is 573. The summed E-state index contributed by atoms with van der Waals surface area (Å²) in [4.78, 5) is 15.7. The van der Waals surface area contributed by atoms with Crippen LogP contribution in [0.1, 0.15) is 26.7 Å². The third-order valence-corrected chi connectivity index (χ3v) is 3.78. The third-order valence-electron chi connectivity index (χ3n) is 3.78. The number of hydrogen-bond acceptors (Lipinski definition) is 4. The van der Waals surface area contributed by atoms with E-state index in [4.69, 9.17) is 4.42 Å². The molecule has 2 aromatic heterocycles. The molecule has 0 unspecified atom stereocenters. The van der Waals surface area contributed by atoms with Crippen molar-refractivity contribution in [2.45, 2.75) is 26.7 Å². The predicted octanol–water partition coefficient (Wildman–Crippen LogP) is 3.13. The van der Waals surface area contributed by atoms with Gasteiger partial charge in [0.15, 0.2) is 0 Å². The van der Waals surface area contributed by atoms with Crippen molar-refractivity contribution in [1.82, 2.24) is 4.98 Å². The van der Waals surface area contributed by atoms with Gasteiger partial charge in [0.2, 0.25) is 0 Å². The quantitative estimate of drug-likeness (QED) is 0.836. The van der Waals surface area contributed by atoms with Gasteiger partial charge in [-0.2, -0.15) is 0 Å². The third kappa shape index (κ3) is 2.41. The van der Waals surface area contributed by atoms with Crippen molar-refractivity contribution in [3.8, 4) is 0 Å². The second-order valence-electron chi connectivity index (χ2n) is 4.64. The molecule has 0 saturated carbocycles. The Hall–Kier alpha value is -2.04. The summed E-state index contributed by atoms with van der Waals surface area (Å²) in [6, 6.07) is 3.61. The van der Waals surface area contributed by atoms with Crippen LogP contribution in [-0.4, -0.2) is 22.6 Å². The highest BCUT2D eigenvalue weighted by molar-refractivity contribution is 5.88. The van der Waals surface area contributed by atoms with Crippen molar-refractivity contribution in [1.29, 1.82) is 0 Å². The smallest absolute Gasteiger partial charge is 0.311 e. The number of anilines is 1. The molecule has 0 bridgehead atoms. The second-order valence-corrected chi connectivity index (χ2v) is 4.64. The Labute approximate surface area is 111 Å². The van der Waals surface area contributed by atoms with Gasteiger partial charge in [0.25, 0.3) is 0 Å². The van der Waals surface area contributed by atoms with E-state index in [9.17, 15) is 9.90 Å². The minimum Gasteiger partial charge on any atom is -0.481 e. The lowest BCUT2D eigenvalue weighted by atomic mass is 9.82. The van der Waals surface area contributed by atoms with Crippen molar-refractivity contribution in [3.63, 3.8) is 0 Å². The Balaban J connectivity index is 2.22. The molecule has 2 heterocycles. The number of furan rings is 1. The lowest BCUT2D eigenvalue weighted by Gasteiger charge is -2.27. The first-order chi connectivity index (χ1) is 9.13. The molecule has 5 heteroatoms. The maximum absolute atomic E-state index is 11.4. The summed E-state index contributed by atoms with van der Waals surface area (Å²) in [5.74, 6) is -0.108. The lowest BCUT2D eigenvalue weighted by Crippen LogP contribution is -2.37. The molecule has 2 aromatic rings. The van der Waals surface area contributed by atoms with Gasteiger partial charge in [-0.3, -0.25) is 4.79 Å². The van der Waals surface area contributed by atoms with Crippen LogP contribution in [0, 0.1) is 5.41 Å². The van der Waals surface area contributed by atoms with E-state index in [0.29, 0.717) is 25.2 Å². The van der Waals surface area contributed by atoms with Crippen LogP contribution in [0.4, 0.5) is 5.82 Å². The Morgan fingerprint density at radius 1 is 1.42 bits per heavy atom. The van der Waals surface area contributed by atoms with Crippen LogP contribution in [0.5, 0.6) is 0 Å². The highest BCUT2D eigenvalue weighted by atomic mass is 16.4. The summed E-state index contributed by atoms with van der Waals surface area (Å²) in [7, 11) is 0. The molecule has 0 fully saturated rings. The molecule has 0 amide bonds. The molecule has 0 aliphatic heterocycles. The topological polar surface area (TPSA) is 75.4 Å². The molecular formula is C14H18N2O3. The normalized spacial score (nSPS) is 11.7. The average molecular weight is 262 g/mol. The molecule has 0 atom stereocenters. The summed E-state index contributed by atoms with van der Waals surface area (Å²) >= 11 is 0. The lowest BCUT2D eigenvalue weighted by molar-refractivity contribution is -0.148. The summed E-state index contributed by atoms with van der Waals surface area (Å²) in [6.45, 7) is 4.14. The number of pyridine rings is 1. The Morgan fingerprint density at radius 2 is 2.16 bits per heavy atom. The largest absolute Gasteiger partial charge is 0.481 e. The van der Waals surface area contributed by atoms with Crippen LogP contribution >= 0.6 is 0 Å². The van der Waals surface area contributed by atoms with Gasteiger partial charge in [0.05, 0.1) is 17.1 Å². The van der Waals surface area contributed by atoms with Crippen LogP contribution in [0.2, 0.25) is 0 Å². The molecule has 0 aromatic carbocycles. The molecule has 2 rings (SSSR count). The standard InChI is InChI=1S/C14H18N2O3/c1-3-14(4-2,13(17)18)9-16-12-10-6-8-19-11(10)5-7-15-12/h5-8H,3-4,9H2,1-2H3,(H,15,16)(H,17,18). The number of hydrogen-bond donors (Lipinski definition) is 2. The monoisotopic (exact) mass is 262 g/mol. The molecule has 0 aliphatic carbocycles. The molecular weight excluding hydrogens is 244 g/mol. The number of aliphatic carboxylic acids is 1. The zero-order valence-electron chi connectivity index (χ0n) is 11.1. The Morgan fingerprint density at radius 3 is 2.79 bits per heavy atom. The van der Waals surface area contributed by atoms with Gasteiger partial charge in [-0.15, -0.1) is 0 Å². The first-order valence-electron chi connectivity index (χ1n) is 6.42. The summed E-state index contributed by atoms with van der Waals surface area (Å²) < 4.78 is 5.29. The fraction of sp³-hybridized carbons (Fsp3) is 0.429. The van der Waals surface area contributed by atoms with E-state index in [-0.39, 0.29) is 0 Å². The Kier molecular flexibility index (Phi) is 3.74. The summed E-state index contributed by atoms with van der Waals surface area (Å²) in [5.41, 5.74) is -0.0143. The predicted molar refractivity (Wildman–Crippen MR) is 73.1 cm³/mol. The molecule has 0 aliphatic rings. The minimum absolute atomic E-state index is 0.354. The maximum Gasteiger partial charge on any atom is 0.311 e. The van der Waals surface area contributed by atoms with Gasteiger partial charge in [0.1, 0.15) is 11.4 Å². The van der Waals surface area contributed by atoms with Crippen LogP contribution in [0.25, 0.3) is 11.0 Å². The molecule has 0 saturated heterocycles. The van der Waals surface area contributed by atoms with Crippen molar-refractivity contribution >= 4 is 22.8 Å². The molecule has 0 radical (unpaired) electrons. The van der Waals surface area contributed by atoms with E-state index in [1.165, 1.54) is 0 Å². The van der Waals surface area contributed by atoms with E-state index < -0.39 is 11.4 Å². The van der Waals surface area contributed by atoms with E-state index in [0.717, 1.165) is 11.0 Å². The van der Waals surface area contributed by atoms with Gasteiger partial charge in [0, 0.05) is 12.7 Å². The van der Waals surface area contributed by atoms with Gasteiger partial charge >= 0.3 is 5.97 Å². The fourth-order valence-electron chi connectivity index (χ4n) is 2.17. The minimum atomic E-state index is -0.774. The van der Waals surface area contributed by atoms with Crippen molar-refractivity contribution < 1.29 is 14.3 Å². The second kappa shape index (κ2) is 5.30. The highest BCUT2D eigenvalue weighted by Gasteiger charge is 2.34. The van der Waals surface area contributed by atoms with Crippen LogP contribution < -0.4 is 5.32 Å². The van der Waals surface area contributed by atoms with E-state index in [1.54, 1.807) is 18.5 Å². The maximum atomic E-state index is 11.4. The number of rotatable bonds is 6. The molecule has 19 heavy (non-hydrogen) atoms. The first-order valence-corrected chi connectivity index (χ1v) is 6.42. The van der Waals surface area contributed by atoms with Crippen LogP contribution in [0.15, 0.2) is 29.0 Å². The van der Waals surface area contributed by atoms with Gasteiger partial charge in [-0.1, -0.05) is 13.8 Å². The fourth-order valence-corrected chi connectivity index (χ4v) is 2.17. The number of carboxylic acids is 1. The van der Waals surface area contributed by atoms with Gasteiger partial charge in [-0.25, -0.2) is 4.98 Å². The number of carboxylic acid groups (broad SMARTS) is 1. The SMILES string of the molecule is CCC(CC)(CNc1nccc2occc12)C(=O)O. The molecule has 5 nitrogen and oxygen atoms in total. The van der Waals surface area contributed by atoms with Gasteiger partial charge in [-0.05, 0) is 25.0 Å². The van der Waals surface area contributed by atoms with Crippen LogP contribution in [0.3, 0.4) is 0 Å². The average Bonchev–Trinajstić information content (AvgIpc) is 2.89. The number of nitrogens with one attached hydrogen (secondary N) is 1. The zero-order valence-corrected chi connectivity index (χ0v) is 11.1. The number of fused-ring (bicyclic) bond motifs is 1. The van der Waals surface area contributed by atoms with E-state index in [2.05, 4.69) is 10.3 Å². The van der Waals surface area contributed by atoms with Gasteiger partial charge < -0.3 is 14.8 Å².